The number of nitrogens with zero attached hydrogens (tertiary/aromatic N) is 7. The number of aryl methyl sites for hydroxylation is 1. The van der Waals surface area contributed by atoms with Crippen LogP contribution in [0, 0.1) is 12.7 Å². The molecule has 1 aliphatic heterocycles. The third-order valence-corrected chi connectivity index (χ3v) is 8.16. The standard InChI is InChI=1S/C25H23BrFN7O4S/c1-12-29-25(34(31-12)14-4-6-17-20(8-14)39-11-28-17)24-23(37-2)21(22(36)19(10-35)38-24)33-9-18(30-32-33)13-3-5-15(26)16(27)7-13/h3-9,11,19,21-24,35-36H,10H2,1-2H3/t19-,21+,22+,23-,24-/m1/s1. The maximum absolute atomic E-state index is 14.2. The molecule has 0 unspecified atom stereocenters. The van der Waals surface area contributed by atoms with Crippen molar-refractivity contribution in [2.45, 2.75) is 37.4 Å². The van der Waals surface area contributed by atoms with Crippen LogP contribution in [0.1, 0.15) is 23.8 Å². The molecule has 14 heteroatoms. The number of halogens is 2. The van der Waals surface area contributed by atoms with Crippen LogP contribution in [0.15, 0.2) is 52.6 Å². The first-order valence-corrected chi connectivity index (χ1v) is 13.7. The molecule has 0 aliphatic carbocycles. The van der Waals surface area contributed by atoms with Gasteiger partial charge in [0.05, 0.1) is 38.7 Å². The second kappa shape index (κ2) is 10.4. The van der Waals surface area contributed by atoms with E-state index in [9.17, 15) is 14.6 Å². The summed E-state index contributed by atoms with van der Waals surface area (Å²) in [5.74, 6) is 0.514. The number of rotatable bonds is 6. The topological polar surface area (TPSA) is 133 Å². The van der Waals surface area contributed by atoms with E-state index in [-0.39, 0.29) is 0 Å². The number of thiazole rings is 1. The predicted octanol–water partition coefficient (Wildman–Crippen LogP) is 3.39. The lowest BCUT2D eigenvalue weighted by molar-refractivity contribution is -0.217. The summed E-state index contributed by atoms with van der Waals surface area (Å²) in [7, 11) is 1.50. The maximum atomic E-state index is 14.2. The zero-order chi connectivity index (χ0) is 27.3. The molecule has 1 fully saturated rings. The van der Waals surface area contributed by atoms with Crippen molar-refractivity contribution in [3.8, 4) is 16.9 Å². The lowest BCUT2D eigenvalue weighted by Crippen LogP contribution is -2.53. The van der Waals surface area contributed by atoms with Crippen molar-refractivity contribution < 1.29 is 24.1 Å². The van der Waals surface area contributed by atoms with Crippen LogP contribution in [0.25, 0.3) is 27.2 Å². The molecule has 3 aromatic heterocycles. The zero-order valence-corrected chi connectivity index (χ0v) is 23.1. The molecule has 4 heterocycles. The van der Waals surface area contributed by atoms with E-state index >= 15 is 0 Å². The number of fused-ring (bicyclic) bond motifs is 1. The zero-order valence-electron chi connectivity index (χ0n) is 20.7. The number of aliphatic hydroxyl groups excluding tert-OH is 2. The summed E-state index contributed by atoms with van der Waals surface area (Å²) in [6, 6.07) is 9.58. The van der Waals surface area contributed by atoms with Crippen LogP contribution in [0.3, 0.4) is 0 Å². The lowest BCUT2D eigenvalue weighted by Gasteiger charge is -2.43. The van der Waals surface area contributed by atoms with Gasteiger partial charge in [-0.15, -0.1) is 16.4 Å². The van der Waals surface area contributed by atoms with E-state index in [0.29, 0.717) is 27.4 Å². The fourth-order valence-corrected chi connectivity index (χ4v) is 5.82. The van der Waals surface area contributed by atoms with Gasteiger partial charge in [-0.05, 0) is 53.2 Å². The molecule has 202 valence electrons. The predicted molar refractivity (Wildman–Crippen MR) is 143 cm³/mol. The van der Waals surface area contributed by atoms with Gasteiger partial charge < -0.3 is 19.7 Å². The van der Waals surface area contributed by atoms with Gasteiger partial charge in [0.15, 0.2) is 5.82 Å². The highest BCUT2D eigenvalue weighted by Gasteiger charge is 2.49. The van der Waals surface area contributed by atoms with Gasteiger partial charge >= 0.3 is 0 Å². The molecular formula is C25H23BrFN7O4S. The molecule has 39 heavy (non-hydrogen) atoms. The Hall–Kier alpha value is -3.14. The Morgan fingerprint density at radius 1 is 1.23 bits per heavy atom. The van der Waals surface area contributed by atoms with Crippen molar-refractivity contribution in [3.05, 3.63) is 70.0 Å². The van der Waals surface area contributed by atoms with Crippen LogP contribution < -0.4 is 0 Å². The van der Waals surface area contributed by atoms with Crippen molar-refractivity contribution in [1.82, 2.24) is 34.7 Å². The van der Waals surface area contributed by atoms with Gasteiger partial charge in [0.25, 0.3) is 0 Å². The lowest BCUT2D eigenvalue weighted by atomic mass is 9.92. The molecule has 2 N–H and O–H groups in total. The molecular weight excluding hydrogens is 593 g/mol. The Labute approximate surface area is 234 Å². The van der Waals surface area contributed by atoms with Crippen molar-refractivity contribution >= 4 is 37.5 Å². The molecule has 6 rings (SSSR count). The third kappa shape index (κ3) is 4.66. The van der Waals surface area contributed by atoms with E-state index in [2.05, 4.69) is 41.3 Å². The third-order valence-electron chi connectivity index (χ3n) is 6.72. The minimum absolute atomic E-state index is 0.334. The van der Waals surface area contributed by atoms with Gasteiger partial charge in [-0.2, -0.15) is 5.10 Å². The minimum Gasteiger partial charge on any atom is -0.394 e. The Morgan fingerprint density at radius 2 is 2.08 bits per heavy atom. The van der Waals surface area contributed by atoms with Crippen molar-refractivity contribution in [2.24, 2.45) is 0 Å². The van der Waals surface area contributed by atoms with Gasteiger partial charge in [0, 0.05) is 12.7 Å². The van der Waals surface area contributed by atoms with Crippen LogP contribution in [0.4, 0.5) is 4.39 Å². The van der Waals surface area contributed by atoms with Crippen LogP contribution in [0.5, 0.6) is 0 Å². The molecule has 0 bridgehead atoms. The minimum atomic E-state index is -1.20. The average molecular weight is 616 g/mol. The van der Waals surface area contributed by atoms with Gasteiger partial charge in [-0.25, -0.2) is 23.7 Å². The Morgan fingerprint density at radius 3 is 2.85 bits per heavy atom. The average Bonchev–Trinajstić information content (AvgIpc) is 3.69. The van der Waals surface area contributed by atoms with Crippen molar-refractivity contribution in [1.29, 1.82) is 0 Å². The monoisotopic (exact) mass is 615 g/mol. The van der Waals surface area contributed by atoms with Crippen molar-refractivity contribution in [2.75, 3.05) is 13.7 Å². The summed E-state index contributed by atoms with van der Waals surface area (Å²) in [6.07, 6.45) is -2.20. The second-order valence-corrected chi connectivity index (χ2v) is 10.8. The van der Waals surface area contributed by atoms with E-state index in [1.54, 1.807) is 35.4 Å². The molecule has 0 radical (unpaired) electrons. The summed E-state index contributed by atoms with van der Waals surface area (Å²) in [4.78, 5) is 8.99. The quantitative estimate of drug-likeness (QED) is 0.295. The maximum Gasteiger partial charge on any atom is 0.164 e. The molecule has 5 aromatic rings. The normalized spacial score (nSPS) is 23.5. The summed E-state index contributed by atoms with van der Waals surface area (Å²) in [5, 5.41) is 34.4. The molecule has 1 aliphatic rings. The summed E-state index contributed by atoms with van der Waals surface area (Å²) in [5.41, 5.74) is 4.33. The fraction of sp³-hybridized carbons (Fsp3) is 0.320. The highest BCUT2D eigenvalue weighted by Crippen LogP contribution is 2.40. The molecule has 2 aromatic carbocycles. The first-order valence-electron chi connectivity index (χ1n) is 12.0. The second-order valence-electron chi connectivity index (χ2n) is 9.11. The number of hydrogen-bond donors (Lipinski definition) is 2. The fourth-order valence-electron chi connectivity index (χ4n) is 4.86. The van der Waals surface area contributed by atoms with E-state index in [1.807, 2.05) is 18.2 Å². The van der Waals surface area contributed by atoms with Gasteiger partial charge in [-0.1, -0.05) is 11.3 Å². The van der Waals surface area contributed by atoms with Gasteiger partial charge in [0.1, 0.15) is 47.8 Å². The molecule has 5 atom stereocenters. The van der Waals surface area contributed by atoms with E-state index < -0.39 is 42.9 Å². The number of aromatic nitrogens is 7. The number of hydrogen-bond acceptors (Lipinski definition) is 10. The van der Waals surface area contributed by atoms with Crippen LogP contribution in [-0.4, -0.2) is 77.0 Å². The first-order chi connectivity index (χ1) is 18.9. The molecule has 0 spiro atoms. The SMILES string of the molecule is CO[C@@H]1[C@@H](n2cc(-c3ccc(Br)c(F)c3)nn2)[C@@H](O)[C@@H](CO)O[C@H]1c1nc(C)nn1-c1ccc2ncsc2c1. The van der Waals surface area contributed by atoms with Gasteiger partial charge in [0.2, 0.25) is 0 Å². The number of benzene rings is 2. The van der Waals surface area contributed by atoms with Crippen LogP contribution >= 0.6 is 27.3 Å². The van der Waals surface area contributed by atoms with Crippen molar-refractivity contribution in [3.63, 3.8) is 0 Å². The molecule has 0 amide bonds. The summed E-state index contributed by atoms with van der Waals surface area (Å²) in [6.45, 7) is 1.32. The molecule has 0 saturated carbocycles. The summed E-state index contributed by atoms with van der Waals surface area (Å²) >= 11 is 4.67. The van der Waals surface area contributed by atoms with E-state index in [0.717, 1.165) is 15.9 Å². The van der Waals surface area contributed by atoms with Crippen LogP contribution in [-0.2, 0) is 9.47 Å². The van der Waals surface area contributed by atoms with Crippen LogP contribution in [0.2, 0.25) is 0 Å². The van der Waals surface area contributed by atoms with E-state index in [4.69, 9.17) is 9.47 Å². The Balaban J connectivity index is 1.41. The molecule has 1 saturated heterocycles. The molecule has 11 nitrogen and oxygen atoms in total. The number of methoxy groups -OCH3 is 1. The summed E-state index contributed by atoms with van der Waals surface area (Å²) < 4.78 is 30.7. The number of aliphatic hydroxyl groups is 2. The highest BCUT2D eigenvalue weighted by molar-refractivity contribution is 9.10. The Bertz CT molecular complexity index is 1640. The van der Waals surface area contributed by atoms with E-state index in [1.165, 1.54) is 29.2 Å². The highest BCUT2D eigenvalue weighted by atomic mass is 79.9. The first kappa shape index (κ1) is 26.1. The smallest absolute Gasteiger partial charge is 0.164 e. The largest absolute Gasteiger partial charge is 0.394 e. The number of ether oxygens (including phenoxy) is 2. The van der Waals surface area contributed by atoms with Gasteiger partial charge in [-0.3, -0.25) is 0 Å². The Kier molecular flexibility index (Phi) is 6.99.